The molecule has 0 unspecified atom stereocenters. The topological polar surface area (TPSA) is 62.1 Å². The Balaban J connectivity index is 1.83. The Hall–Kier alpha value is -3.55. The van der Waals surface area contributed by atoms with E-state index < -0.39 is 5.91 Å². The fourth-order valence-electron chi connectivity index (χ4n) is 2.88. The Kier molecular flexibility index (Phi) is 6.67. The van der Waals surface area contributed by atoms with E-state index in [9.17, 15) is 10.1 Å². The van der Waals surface area contributed by atoms with Crippen LogP contribution in [-0.4, -0.2) is 13.0 Å². The largest absolute Gasteiger partial charge is 0.496 e. The first-order chi connectivity index (χ1) is 14.1. The molecule has 3 aromatic carbocycles. The van der Waals surface area contributed by atoms with Crippen molar-refractivity contribution >= 4 is 29.3 Å². The smallest absolute Gasteiger partial charge is 0.266 e. The van der Waals surface area contributed by atoms with Crippen molar-refractivity contribution in [2.75, 3.05) is 12.4 Å². The molecule has 0 aliphatic carbocycles. The molecular weight excluding hydrogens is 384 g/mol. The number of rotatable bonds is 6. The van der Waals surface area contributed by atoms with Gasteiger partial charge in [-0.05, 0) is 47.0 Å². The van der Waals surface area contributed by atoms with Gasteiger partial charge in [-0.3, -0.25) is 4.79 Å². The van der Waals surface area contributed by atoms with E-state index in [1.807, 2.05) is 60.7 Å². The molecule has 0 aromatic heterocycles. The second-order valence-corrected chi connectivity index (χ2v) is 6.74. The summed E-state index contributed by atoms with van der Waals surface area (Å²) in [4.78, 5) is 12.4. The lowest BCUT2D eigenvalue weighted by atomic mass is 10.0. The van der Waals surface area contributed by atoms with Crippen molar-refractivity contribution in [3.05, 3.63) is 100 Å². The van der Waals surface area contributed by atoms with Gasteiger partial charge in [0.2, 0.25) is 0 Å². The molecule has 3 aromatic rings. The van der Waals surface area contributed by atoms with Crippen LogP contribution in [0.4, 0.5) is 5.69 Å². The van der Waals surface area contributed by atoms with Gasteiger partial charge in [0.25, 0.3) is 5.91 Å². The number of para-hydroxylation sites is 1. The summed E-state index contributed by atoms with van der Waals surface area (Å²) in [5.74, 6) is 0.206. The van der Waals surface area contributed by atoms with Crippen LogP contribution in [0.15, 0.2) is 78.4 Å². The molecule has 0 atom stereocenters. The summed E-state index contributed by atoms with van der Waals surface area (Å²) < 4.78 is 5.51. The SMILES string of the molecule is COc1cc(/C=C(\C#N)C(=O)Nc2ccccc2)ccc1Cc1ccccc1Cl. The van der Waals surface area contributed by atoms with Crippen molar-refractivity contribution in [2.45, 2.75) is 6.42 Å². The third kappa shape index (κ3) is 5.25. The number of hydrogen-bond acceptors (Lipinski definition) is 3. The summed E-state index contributed by atoms with van der Waals surface area (Å²) in [5.41, 5.74) is 3.30. The zero-order valence-electron chi connectivity index (χ0n) is 15.9. The van der Waals surface area contributed by atoms with Gasteiger partial charge in [-0.1, -0.05) is 60.1 Å². The van der Waals surface area contributed by atoms with Gasteiger partial charge in [-0.25, -0.2) is 0 Å². The third-order valence-corrected chi connectivity index (χ3v) is 4.73. The highest BCUT2D eigenvalue weighted by atomic mass is 35.5. The molecule has 5 heteroatoms. The van der Waals surface area contributed by atoms with E-state index in [2.05, 4.69) is 5.32 Å². The predicted octanol–water partition coefficient (Wildman–Crippen LogP) is 5.49. The average Bonchev–Trinajstić information content (AvgIpc) is 2.75. The number of carbonyl (C=O) groups is 1. The predicted molar refractivity (Wildman–Crippen MR) is 116 cm³/mol. The van der Waals surface area contributed by atoms with Crippen LogP contribution in [0.3, 0.4) is 0 Å². The number of amides is 1. The number of nitrogens with one attached hydrogen (secondary N) is 1. The summed E-state index contributed by atoms with van der Waals surface area (Å²) in [7, 11) is 1.59. The van der Waals surface area contributed by atoms with Crippen LogP contribution in [0.5, 0.6) is 5.75 Å². The van der Waals surface area contributed by atoms with Gasteiger partial charge in [-0.15, -0.1) is 0 Å². The highest BCUT2D eigenvalue weighted by Crippen LogP contribution is 2.27. The molecule has 0 spiro atoms. The minimum atomic E-state index is -0.460. The number of carbonyl (C=O) groups excluding carboxylic acids is 1. The lowest BCUT2D eigenvalue weighted by Crippen LogP contribution is -2.13. The van der Waals surface area contributed by atoms with Gasteiger partial charge >= 0.3 is 0 Å². The first-order valence-electron chi connectivity index (χ1n) is 8.99. The number of ether oxygens (including phenoxy) is 1. The van der Waals surface area contributed by atoms with Crippen LogP contribution in [0.1, 0.15) is 16.7 Å². The van der Waals surface area contributed by atoms with Crippen LogP contribution in [0.25, 0.3) is 6.08 Å². The summed E-state index contributed by atoms with van der Waals surface area (Å²) in [6, 6.07) is 24.2. The summed E-state index contributed by atoms with van der Waals surface area (Å²) >= 11 is 6.26. The highest BCUT2D eigenvalue weighted by Gasteiger charge is 2.11. The number of nitrogens with zero attached hydrogens (tertiary/aromatic N) is 1. The quantitative estimate of drug-likeness (QED) is 0.438. The van der Waals surface area contributed by atoms with Crippen molar-refractivity contribution in [3.63, 3.8) is 0 Å². The van der Waals surface area contributed by atoms with Crippen LogP contribution < -0.4 is 10.1 Å². The van der Waals surface area contributed by atoms with Crippen molar-refractivity contribution in [1.82, 2.24) is 0 Å². The highest BCUT2D eigenvalue weighted by molar-refractivity contribution is 6.31. The molecule has 29 heavy (non-hydrogen) atoms. The number of benzene rings is 3. The second-order valence-electron chi connectivity index (χ2n) is 6.33. The fourth-order valence-corrected chi connectivity index (χ4v) is 3.08. The summed E-state index contributed by atoms with van der Waals surface area (Å²) in [6.45, 7) is 0. The molecular formula is C24H19ClN2O2. The maximum Gasteiger partial charge on any atom is 0.266 e. The van der Waals surface area contributed by atoms with E-state index in [0.29, 0.717) is 28.4 Å². The van der Waals surface area contributed by atoms with E-state index in [4.69, 9.17) is 16.3 Å². The maximum atomic E-state index is 12.4. The molecule has 0 saturated carbocycles. The Morgan fingerprint density at radius 3 is 2.48 bits per heavy atom. The number of anilines is 1. The molecule has 0 fully saturated rings. The average molecular weight is 403 g/mol. The first-order valence-corrected chi connectivity index (χ1v) is 9.37. The first kappa shape index (κ1) is 20.2. The van der Waals surface area contributed by atoms with Gasteiger partial charge in [-0.2, -0.15) is 5.26 Å². The number of methoxy groups -OCH3 is 1. The molecule has 4 nitrogen and oxygen atoms in total. The van der Waals surface area contributed by atoms with Crippen molar-refractivity contribution in [1.29, 1.82) is 5.26 Å². The van der Waals surface area contributed by atoms with Crippen LogP contribution >= 0.6 is 11.6 Å². The van der Waals surface area contributed by atoms with Gasteiger partial charge < -0.3 is 10.1 Å². The zero-order chi connectivity index (χ0) is 20.6. The van der Waals surface area contributed by atoms with Gasteiger partial charge in [0.15, 0.2) is 0 Å². The molecule has 0 saturated heterocycles. The molecule has 0 bridgehead atoms. The lowest BCUT2D eigenvalue weighted by molar-refractivity contribution is -0.112. The molecule has 1 amide bonds. The van der Waals surface area contributed by atoms with Gasteiger partial charge in [0.1, 0.15) is 17.4 Å². The van der Waals surface area contributed by atoms with E-state index in [0.717, 1.165) is 11.1 Å². The molecule has 0 aliphatic heterocycles. The van der Waals surface area contributed by atoms with Crippen molar-refractivity contribution < 1.29 is 9.53 Å². The zero-order valence-corrected chi connectivity index (χ0v) is 16.6. The maximum absolute atomic E-state index is 12.4. The van der Waals surface area contributed by atoms with E-state index in [1.165, 1.54) is 0 Å². The Morgan fingerprint density at radius 1 is 1.07 bits per heavy atom. The number of hydrogen-bond donors (Lipinski definition) is 1. The summed E-state index contributed by atoms with van der Waals surface area (Å²) in [5, 5.41) is 12.8. The fraction of sp³-hybridized carbons (Fsp3) is 0.0833. The second kappa shape index (κ2) is 9.59. The molecule has 1 N–H and O–H groups in total. The Morgan fingerprint density at radius 2 is 1.79 bits per heavy atom. The molecule has 0 radical (unpaired) electrons. The molecule has 3 rings (SSSR count). The lowest BCUT2D eigenvalue weighted by Gasteiger charge is -2.11. The third-order valence-electron chi connectivity index (χ3n) is 4.36. The van der Waals surface area contributed by atoms with Gasteiger partial charge in [0, 0.05) is 17.1 Å². The number of halogens is 1. The minimum Gasteiger partial charge on any atom is -0.496 e. The Labute approximate surface area is 175 Å². The van der Waals surface area contributed by atoms with Gasteiger partial charge in [0.05, 0.1) is 7.11 Å². The molecule has 144 valence electrons. The molecule has 0 heterocycles. The van der Waals surface area contributed by atoms with E-state index in [-0.39, 0.29) is 5.57 Å². The van der Waals surface area contributed by atoms with Crippen LogP contribution in [0, 0.1) is 11.3 Å². The van der Waals surface area contributed by atoms with Crippen molar-refractivity contribution in [2.24, 2.45) is 0 Å². The van der Waals surface area contributed by atoms with Crippen molar-refractivity contribution in [3.8, 4) is 11.8 Å². The standard InChI is InChI=1S/C24H19ClN2O2/c1-29-23-14-17(11-12-19(23)15-18-7-5-6-10-22(18)25)13-20(16-26)24(28)27-21-8-3-2-4-9-21/h2-14H,15H2,1H3,(H,27,28)/b20-13+. The number of nitriles is 1. The van der Waals surface area contributed by atoms with Crippen LogP contribution in [-0.2, 0) is 11.2 Å². The molecule has 0 aliphatic rings. The monoisotopic (exact) mass is 402 g/mol. The van der Waals surface area contributed by atoms with Crippen LogP contribution in [0.2, 0.25) is 5.02 Å². The normalized spacial score (nSPS) is 10.9. The summed E-state index contributed by atoms with van der Waals surface area (Å²) in [6.07, 6.45) is 2.16. The Bertz CT molecular complexity index is 1090. The minimum absolute atomic E-state index is 0.00904. The van der Waals surface area contributed by atoms with E-state index >= 15 is 0 Å². The van der Waals surface area contributed by atoms with E-state index in [1.54, 1.807) is 31.4 Å².